The van der Waals surface area contributed by atoms with Crippen LogP contribution in [0.4, 0.5) is 0 Å². The second-order valence-electron chi connectivity index (χ2n) is 5.82. The van der Waals surface area contributed by atoms with Crippen molar-refractivity contribution >= 4 is 27.5 Å². The zero-order valence-electron chi connectivity index (χ0n) is 11.7. The topological polar surface area (TPSA) is 64.9 Å². The molecule has 0 saturated carbocycles. The standard InChI is InChI=1S/C14H17BrClN3O/c1-14(2,3)11(17)7-12-18-13(19-20-12)8-4-5-10(16)9(15)6-8/h4-6,11H,7,17H2,1-3H3. The van der Waals surface area contributed by atoms with Gasteiger partial charge in [-0.05, 0) is 39.5 Å². The van der Waals surface area contributed by atoms with Crippen LogP contribution >= 0.6 is 27.5 Å². The van der Waals surface area contributed by atoms with Crippen molar-refractivity contribution in [2.75, 3.05) is 0 Å². The van der Waals surface area contributed by atoms with E-state index in [1.807, 2.05) is 12.1 Å². The summed E-state index contributed by atoms with van der Waals surface area (Å²) in [5.74, 6) is 1.09. The predicted molar refractivity (Wildman–Crippen MR) is 83.6 cm³/mol. The molecule has 1 heterocycles. The van der Waals surface area contributed by atoms with Crippen molar-refractivity contribution in [3.8, 4) is 11.4 Å². The van der Waals surface area contributed by atoms with E-state index in [1.165, 1.54) is 0 Å². The Hall–Kier alpha value is -0.910. The molecule has 6 heteroatoms. The van der Waals surface area contributed by atoms with E-state index in [-0.39, 0.29) is 11.5 Å². The Morgan fingerprint density at radius 1 is 1.40 bits per heavy atom. The average molecular weight is 359 g/mol. The lowest BCUT2D eigenvalue weighted by atomic mass is 9.85. The van der Waals surface area contributed by atoms with Gasteiger partial charge in [0.05, 0.1) is 5.02 Å². The number of hydrogen-bond acceptors (Lipinski definition) is 4. The normalized spacial score (nSPS) is 13.5. The van der Waals surface area contributed by atoms with Gasteiger partial charge in [0, 0.05) is 22.5 Å². The highest BCUT2D eigenvalue weighted by molar-refractivity contribution is 9.10. The van der Waals surface area contributed by atoms with Crippen molar-refractivity contribution in [2.24, 2.45) is 11.1 Å². The molecule has 0 aliphatic heterocycles. The van der Waals surface area contributed by atoms with Gasteiger partial charge in [-0.2, -0.15) is 4.98 Å². The first-order valence-electron chi connectivity index (χ1n) is 6.31. The van der Waals surface area contributed by atoms with Gasteiger partial charge < -0.3 is 10.3 Å². The van der Waals surface area contributed by atoms with Crippen LogP contribution in [0.5, 0.6) is 0 Å². The number of nitrogens with zero attached hydrogens (tertiary/aromatic N) is 2. The van der Waals surface area contributed by atoms with Crippen LogP contribution in [0.25, 0.3) is 11.4 Å². The average Bonchev–Trinajstić information content (AvgIpc) is 2.80. The lowest BCUT2D eigenvalue weighted by Crippen LogP contribution is -2.36. The van der Waals surface area contributed by atoms with Gasteiger partial charge in [0.25, 0.3) is 0 Å². The SMILES string of the molecule is CC(C)(C)C(N)Cc1nc(-c2ccc(Cl)c(Br)c2)no1. The van der Waals surface area contributed by atoms with E-state index in [4.69, 9.17) is 21.9 Å². The number of aromatic nitrogens is 2. The van der Waals surface area contributed by atoms with Crippen molar-refractivity contribution in [2.45, 2.75) is 33.2 Å². The molecule has 0 aliphatic rings. The quantitative estimate of drug-likeness (QED) is 0.898. The van der Waals surface area contributed by atoms with E-state index in [0.717, 1.165) is 10.0 Å². The Morgan fingerprint density at radius 2 is 2.10 bits per heavy atom. The molecular weight excluding hydrogens is 342 g/mol. The van der Waals surface area contributed by atoms with Crippen molar-refractivity contribution in [1.82, 2.24) is 10.1 Å². The van der Waals surface area contributed by atoms with E-state index >= 15 is 0 Å². The maximum absolute atomic E-state index is 6.12. The van der Waals surface area contributed by atoms with Gasteiger partial charge in [0.15, 0.2) is 0 Å². The molecule has 1 atom stereocenters. The Bertz CT molecular complexity index is 607. The maximum Gasteiger partial charge on any atom is 0.228 e. The maximum atomic E-state index is 6.12. The van der Waals surface area contributed by atoms with E-state index < -0.39 is 0 Å². The van der Waals surface area contributed by atoms with E-state index in [9.17, 15) is 0 Å². The van der Waals surface area contributed by atoms with Crippen LogP contribution in [-0.2, 0) is 6.42 Å². The van der Waals surface area contributed by atoms with E-state index in [0.29, 0.717) is 23.2 Å². The Labute approximate surface area is 131 Å². The summed E-state index contributed by atoms with van der Waals surface area (Å²) in [6.07, 6.45) is 0.561. The molecule has 20 heavy (non-hydrogen) atoms. The number of benzene rings is 1. The summed E-state index contributed by atoms with van der Waals surface area (Å²) in [5, 5.41) is 4.63. The molecule has 4 nitrogen and oxygen atoms in total. The molecule has 1 aromatic heterocycles. The van der Waals surface area contributed by atoms with Gasteiger partial charge in [-0.3, -0.25) is 0 Å². The number of nitrogens with two attached hydrogens (primary N) is 1. The minimum Gasteiger partial charge on any atom is -0.339 e. The Balaban J connectivity index is 2.18. The predicted octanol–water partition coefficient (Wildman–Crippen LogP) is 4.07. The lowest BCUT2D eigenvalue weighted by Gasteiger charge is -2.25. The smallest absolute Gasteiger partial charge is 0.228 e. The fraction of sp³-hybridized carbons (Fsp3) is 0.429. The van der Waals surface area contributed by atoms with Crippen molar-refractivity contribution in [1.29, 1.82) is 0 Å². The first-order chi connectivity index (χ1) is 9.27. The Kier molecular flexibility index (Phi) is 4.52. The highest BCUT2D eigenvalue weighted by atomic mass is 79.9. The molecule has 1 unspecified atom stereocenters. The third-order valence-corrected chi connectivity index (χ3v) is 4.37. The van der Waals surface area contributed by atoms with Gasteiger partial charge in [0.2, 0.25) is 11.7 Å². The van der Waals surface area contributed by atoms with Crippen LogP contribution in [0.2, 0.25) is 5.02 Å². The largest absolute Gasteiger partial charge is 0.339 e. The fourth-order valence-corrected chi connectivity index (χ4v) is 2.08. The van der Waals surface area contributed by atoms with Gasteiger partial charge in [-0.25, -0.2) is 0 Å². The van der Waals surface area contributed by atoms with Crippen LogP contribution in [-0.4, -0.2) is 16.2 Å². The zero-order chi connectivity index (χ0) is 14.9. The summed E-state index contributed by atoms with van der Waals surface area (Å²) in [7, 11) is 0. The molecule has 2 aromatic rings. The highest BCUT2D eigenvalue weighted by Gasteiger charge is 2.23. The van der Waals surface area contributed by atoms with Crippen molar-refractivity contribution in [3.63, 3.8) is 0 Å². The second kappa shape index (κ2) is 5.84. The first-order valence-corrected chi connectivity index (χ1v) is 7.48. The Morgan fingerprint density at radius 3 is 2.70 bits per heavy atom. The van der Waals surface area contributed by atoms with E-state index in [2.05, 4.69) is 46.8 Å². The number of hydrogen-bond donors (Lipinski definition) is 1. The van der Waals surface area contributed by atoms with Crippen LogP contribution in [0, 0.1) is 5.41 Å². The van der Waals surface area contributed by atoms with Crippen LogP contribution in [0.15, 0.2) is 27.2 Å². The molecule has 0 fully saturated rings. The van der Waals surface area contributed by atoms with Gasteiger partial charge in [0.1, 0.15) is 0 Å². The summed E-state index contributed by atoms with van der Waals surface area (Å²) in [6.45, 7) is 6.27. The number of halogens is 2. The van der Waals surface area contributed by atoms with Crippen molar-refractivity contribution < 1.29 is 4.52 Å². The molecule has 0 spiro atoms. The third kappa shape index (κ3) is 3.59. The minimum absolute atomic E-state index is 0.00205. The molecule has 0 saturated heterocycles. The second-order valence-corrected chi connectivity index (χ2v) is 7.08. The van der Waals surface area contributed by atoms with Crippen LogP contribution < -0.4 is 5.73 Å². The van der Waals surface area contributed by atoms with Crippen molar-refractivity contribution in [3.05, 3.63) is 33.6 Å². The summed E-state index contributed by atoms with van der Waals surface area (Å²) in [4.78, 5) is 4.38. The summed E-state index contributed by atoms with van der Waals surface area (Å²) in [6, 6.07) is 5.47. The monoisotopic (exact) mass is 357 g/mol. The number of rotatable bonds is 3. The molecule has 2 rings (SSSR count). The molecule has 1 aromatic carbocycles. The van der Waals surface area contributed by atoms with Crippen LogP contribution in [0.3, 0.4) is 0 Å². The molecule has 2 N–H and O–H groups in total. The third-order valence-electron chi connectivity index (χ3n) is 3.15. The molecule has 0 bridgehead atoms. The van der Waals surface area contributed by atoms with Gasteiger partial charge in [-0.1, -0.05) is 37.5 Å². The molecule has 0 radical (unpaired) electrons. The molecular formula is C14H17BrClN3O. The van der Waals surface area contributed by atoms with E-state index in [1.54, 1.807) is 6.07 Å². The lowest BCUT2D eigenvalue weighted by molar-refractivity contribution is 0.286. The molecule has 0 amide bonds. The van der Waals surface area contributed by atoms with Gasteiger partial charge >= 0.3 is 0 Å². The summed E-state index contributed by atoms with van der Waals surface area (Å²) < 4.78 is 6.07. The summed E-state index contributed by atoms with van der Waals surface area (Å²) in [5.41, 5.74) is 6.97. The summed E-state index contributed by atoms with van der Waals surface area (Å²) >= 11 is 9.34. The minimum atomic E-state index is -0.0345. The van der Waals surface area contributed by atoms with Gasteiger partial charge in [-0.15, -0.1) is 0 Å². The first kappa shape index (κ1) is 15.5. The fourth-order valence-electron chi connectivity index (χ4n) is 1.58. The molecule has 108 valence electrons. The zero-order valence-corrected chi connectivity index (χ0v) is 14.0. The van der Waals surface area contributed by atoms with Crippen LogP contribution in [0.1, 0.15) is 26.7 Å². The molecule has 0 aliphatic carbocycles. The highest BCUT2D eigenvalue weighted by Crippen LogP contribution is 2.28.